The molecule has 1 aromatic rings. The third kappa shape index (κ3) is 3.75. The van der Waals surface area contributed by atoms with Gasteiger partial charge < -0.3 is 9.88 Å². The Morgan fingerprint density at radius 1 is 1.73 bits per heavy atom. The summed E-state index contributed by atoms with van der Waals surface area (Å²) in [5.41, 5.74) is -0.0839. The largest absolute Gasteiger partial charge is 0.359 e. The number of H-pyrrole nitrogens is 1. The van der Waals surface area contributed by atoms with Crippen LogP contribution in [0, 0.1) is 3.57 Å². The molecule has 0 saturated carbocycles. The van der Waals surface area contributed by atoms with Crippen molar-refractivity contribution in [3.63, 3.8) is 0 Å². The molecular formula is C9H13BrIN3O. The molecule has 0 aliphatic carbocycles. The Morgan fingerprint density at radius 3 is 3.00 bits per heavy atom. The summed E-state index contributed by atoms with van der Waals surface area (Å²) in [5, 5.41) is 0. The lowest BCUT2D eigenvalue weighted by Gasteiger charge is -2.19. The van der Waals surface area contributed by atoms with E-state index in [1.54, 1.807) is 0 Å². The molecule has 4 nitrogen and oxygen atoms in total. The van der Waals surface area contributed by atoms with E-state index in [4.69, 9.17) is 0 Å². The highest BCUT2D eigenvalue weighted by Crippen LogP contribution is 2.15. The van der Waals surface area contributed by atoms with Crippen LogP contribution in [0.5, 0.6) is 0 Å². The third-order valence-electron chi connectivity index (χ3n) is 2.00. The van der Waals surface area contributed by atoms with Gasteiger partial charge in [0.1, 0.15) is 9.39 Å². The predicted octanol–water partition coefficient (Wildman–Crippen LogP) is 1.98. The maximum Gasteiger partial charge on any atom is 0.266 e. The molecule has 84 valence electrons. The number of aromatic nitrogens is 2. The van der Waals surface area contributed by atoms with Crippen LogP contribution in [0.2, 0.25) is 0 Å². The Balaban J connectivity index is 2.78. The van der Waals surface area contributed by atoms with Crippen LogP contribution in [0.3, 0.4) is 0 Å². The van der Waals surface area contributed by atoms with E-state index in [0.717, 1.165) is 18.8 Å². The van der Waals surface area contributed by atoms with Gasteiger partial charge in [-0.05, 0) is 29.0 Å². The van der Waals surface area contributed by atoms with Gasteiger partial charge in [0.25, 0.3) is 5.56 Å². The zero-order chi connectivity index (χ0) is 11.4. The van der Waals surface area contributed by atoms with Crippen LogP contribution >= 0.6 is 38.5 Å². The SMILES string of the molecule is CC(Br)CCN(C)c1nc[nH]c(=O)c1I. The molecule has 1 aromatic heterocycles. The van der Waals surface area contributed by atoms with Gasteiger partial charge in [0.15, 0.2) is 0 Å². The number of nitrogens with one attached hydrogen (secondary N) is 1. The summed E-state index contributed by atoms with van der Waals surface area (Å²) in [6, 6.07) is 0. The third-order valence-corrected chi connectivity index (χ3v) is 3.43. The average molecular weight is 386 g/mol. The maximum absolute atomic E-state index is 11.3. The van der Waals surface area contributed by atoms with Crippen molar-refractivity contribution in [2.75, 3.05) is 18.5 Å². The summed E-state index contributed by atoms with van der Waals surface area (Å²) in [6.45, 7) is 2.98. The molecule has 1 heterocycles. The summed E-state index contributed by atoms with van der Waals surface area (Å²) in [7, 11) is 1.94. The molecule has 15 heavy (non-hydrogen) atoms. The van der Waals surface area contributed by atoms with Crippen molar-refractivity contribution in [3.05, 3.63) is 20.3 Å². The van der Waals surface area contributed by atoms with Gasteiger partial charge in [0.2, 0.25) is 0 Å². The number of hydrogen-bond acceptors (Lipinski definition) is 3. The Hall–Kier alpha value is -0.110. The molecule has 0 bridgehead atoms. The van der Waals surface area contributed by atoms with Crippen LogP contribution < -0.4 is 10.5 Å². The molecule has 0 fully saturated rings. The van der Waals surface area contributed by atoms with Crippen molar-refractivity contribution < 1.29 is 0 Å². The summed E-state index contributed by atoms with van der Waals surface area (Å²) < 4.78 is 0.639. The molecule has 6 heteroatoms. The fourth-order valence-electron chi connectivity index (χ4n) is 1.12. The lowest BCUT2D eigenvalue weighted by molar-refractivity contribution is 0.774. The molecule has 1 rings (SSSR count). The first-order valence-electron chi connectivity index (χ1n) is 4.60. The number of anilines is 1. The van der Waals surface area contributed by atoms with E-state index in [0.29, 0.717) is 8.40 Å². The minimum atomic E-state index is -0.0839. The smallest absolute Gasteiger partial charge is 0.266 e. The van der Waals surface area contributed by atoms with Gasteiger partial charge in [-0.3, -0.25) is 4.79 Å². The average Bonchev–Trinajstić information content (AvgIpc) is 2.18. The highest BCUT2D eigenvalue weighted by atomic mass is 127. The first-order valence-corrected chi connectivity index (χ1v) is 6.60. The zero-order valence-corrected chi connectivity index (χ0v) is 12.4. The normalized spacial score (nSPS) is 12.5. The summed E-state index contributed by atoms with van der Waals surface area (Å²) >= 11 is 5.51. The van der Waals surface area contributed by atoms with Crippen LogP contribution in [-0.4, -0.2) is 28.4 Å². The lowest BCUT2D eigenvalue weighted by atomic mass is 10.3. The van der Waals surface area contributed by atoms with Gasteiger partial charge in [0.05, 0.1) is 6.33 Å². The van der Waals surface area contributed by atoms with Crippen molar-refractivity contribution in [2.45, 2.75) is 18.2 Å². The van der Waals surface area contributed by atoms with E-state index >= 15 is 0 Å². The predicted molar refractivity (Wildman–Crippen MR) is 73.9 cm³/mol. The van der Waals surface area contributed by atoms with Gasteiger partial charge in [-0.2, -0.15) is 0 Å². The summed E-state index contributed by atoms with van der Waals surface area (Å²) in [4.78, 5) is 20.5. The van der Waals surface area contributed by atoms with Crippen molar-refractivity contribution in [3.8, 4) is 0 Å². The Kier molecular flexibility index (Phi) is 5.04. The molecule has 0 amide bonds. The number of rotatable bonds is 4. The highest BCUT2D eigenvalue weighted by Gasteiger charge is 2.10. The van der Waals surface area contributed by atoms with Gasteiger partial charge in [-0.1, -0.05) is 22.9 Å². The minimum absolute atomic E-state index is 0.0839. The molecule has 0 spiro atoms. The molecule has 0 aliphatic rings. The minimum Gasteiger partial charge on any atom is -0.359 e. The maximum atomic E-state index is 11.3. The Bertz CT molecular complexity index is 380. The summed E-state index contributed by atoms with van der Waals surface area (Å²) in [5.74, 6) is 0.743. The van der Waals surface area contributed by atoms with Crippen LogP contribution in [0.15, 0.2) is 11.1 Å². The Morgan fingerprint density at radius 2 is 2.40 bits per heavy atom. The van der Waals surface area contributed by atoms with E-state index in [1.165, 1.54) is 6.33 Å². The van der Waals surface area contributed by atoms with Crippen LogP contribution in [0.4, 0.5) is 5.82 Å². The van der Waals surface area contributed by atoms with Gasteiger partial charge >= 0.3 is 0 Å². The van der Waals surface area contributed by atoms with E-state index in [2.05, 4.69) is 32.8 Å². The van der Waals surface area contributed by atoms with E-state index in [1.807, 2.05) is 34.5 Å². The second-order valence-electron chi connectivity index (χ2n) is 3.36. The molecule has 0 aliphatic heterocycles. The van der Waals surface area contributed by atoms with Crippen LogP contribution in [0.25, 0.3) is 0 Å². The Labute approximate surface area is 111 Å². The molecule has 0 aromatic carbocycles. The highest BCUT2D eigenvalue weighted by molar-refractivity contribution is 14.1. The van der Waals surface area contributed by atoms with E-state index < -0.39 is 0 Å². The van der Waals surface area contributed by atoms with E-state index in [9.17, 15) is 4.79 Å². The van der Waals surface area contributed by atoms with Crippen molar-refractivity contribution in [1.29, 1.82) is 0 Å². The zero-order valence-electron chi connectivity index (χ0n) is 8.63. The van der Waals surface area contributed by atoms with Gasteiger partial charge in [0, 0.05) is 18.4 Å². The number of hydrogen-bond donors (Lipinski definition) is 1. The molecule has 1 N–H and O–H groups in total. The fourth-order valence-corrected chi connectivity index (χ4v) is 2.03. The standard InChI is InChI=1S/C9H13BrIN3O/c1-6(10)3-4-14(2)8-7(11)9(15)13-5-12-8/h5-6H,3-4H2,1-2H3,(H,12,13,15). The fraction of sp³-hybridized carbons (Fsp3) is 0.556. The van der Waals surface area contributed by atoms with Crippen molar-refractivity contribution in [1.82, 2.24) is 9.97 Å². The van der Waals surface area contributed by atoms with Gasteiger partial charge in [-0.15, -0.1) is 0 Å². The van der Waals surface area contributed by atoms with Gasteiger partial charge in [-0.25, -0.2) is 4.98 Å². The molecule has 1 atom stereocenters. The van der Waals surface area contributed by atoms with Crippen molar-refractivity contribution >= 4 is 44.3 Å². The monoisotopic (exact) mass is 385 g/mol. The lowest BCUT2D eigenvalue weighted by Crippen LogP contribution is -2.25. The van der Waals surface area contributed by atoms with Crippen LogP contribution in [0.1, 0.15) is 13.3 Å². The van der Waals surface area contributed by atoms with Crippen molar-refractivity contribution in [2.24, 2.45) is 0 Å². The second-order valence-corrected chi connectivity index (χ2v) is 6.00. The summed E-state index contributed by atoms with van der Waals surface area (Å²) in [6.07, 6.45) is 2.45. The number of halogens is 2. The first kappa shape index (κ1) is 13.0. The number of alkyl halides is 1. The molecule has 1 unspecified atom stereocenters. The second kappa shape index (κ2) is 5.83. The van der Waals surface area contributed by atoms with E-state index in [-0.39, 0.29) is 5.56 Å². The topological polar surface area (TPSA) is 49.0 Å². The molecular weight excluding hydrogens is 373 g/mol. The molecule has 0 saturated heterocycles. The quantitative estimate of drug-likeness (QED) is 0.636. The first-order chi connectivity index (χ1) is 7.02. The number of nitrogens with zero attached hydrogens (tertiary/aromatic N) is 2. The molecule has 0 radical (unpaired) electrons. The van der Waals surface area contributed by atoms with Crippen LogP contribution in [-0.2, 0) is 0 Å². The number of aromatic amines is 1.